The third-order valence-corrected chi connectivity index (χ3v) is 5.11. The maximum absolute atomic E-state index is 12.1. The van der Waals surface area contributed by atoms with E-state index < -0.39 is 0 Å². The second-order valence-electron chi connectivity index (χ2n) is 7.15. The highest BCUT2D eigenvalue weighted by molar-refractivity contribution is 5.92. The van der Waals surface area contributed by atoms with Crippen LogP contribution in [-0.4, -0.2) is 37.2 Å². The predicted octanol–water partition coefficient (Wildman–Crippen LogP) is 2.44. The van der Waals surface area contributed by atoms with Gasteiger partial charge in [0.25, 0.3) is 0 Å². The van der Waals surface area contributed by atoms with Gasteiger partial charge in [-0.05, 0) is 55.9 Å². The van der Waals surface area contributed by atoms with Gasteiger partial charge in [-0.25, -0.2) is 4.79 Å². The van der Waals surface area contributed by atoms with Gasteiger partial charge in [0.1, 0.15) is 0 Å². The molecule has 26 heavy (non-hydrogen) atoms. The number of carbonyl (C=O) groups is 2. The molecule has 0 spiro atoms. The number of nitrogens with one attached hydrogen (secondary N) is 3. The summed E-state index contributed by atoms with van der Waals surface area (Å²) < 4.78 is 5.47. The Bertz CT molecular complexity index is 614. The number of amides is 3. The molecule has 2 fully saturated rings. The summed E-state index contributed by atoms with van der Waals surface area (Å²) in [5, 5.41) is 8.48. The molecule has 3 atom stereocenters. The van der Waals surface area contributed by atoms with Gasteiger partial charge in [0.05, 0.1) is 6.10 Å². The van der Waals surface area contributed by atoms with E-state index in [0.717, 1.165) is 38.7 Å². The Morgan fingerprint density at radius 3 is 2.38 bits per heavy atom. The largest absolute Gasteiger partial charge is 0.376 e. The Labute approximate surface area is 154 Å². The number of ether oxygens (including phenoxy) is 1. The number of carbonyl (C=O) groups excluding carboxylic acids is 2. The summed E-state index contributed by atoms with van der Waals surface area (Å²) in [7, 11) is 0. The van der Waals surface area contributed by atoms with E-state index in [0.29, 0.717) is 24.3 Å². The highest BCUT2D eigenvalue weighted by Gasteiger charge is 2.26. The quantitative estimate of drug-likeness (QED) is 0.625. The van der Waals surface area contributed by atoms with Crippen LogP contribution in [0.25, 0.3) is 0 Å². The minimum atomic E-state index is -0.257. The molecule has 3 amide bonds. The van der Waals surface area contributed by atoms with Crippen LogP contribution in [0, 0.1) is 5.92 Å². The molecule has 0 aromatic heterocycles. The van der Waals surface area contributed by atoms with Crippen LogP contribution < -0.4 is 21.7 Å². The van der Waals surface area contributed by atoms with Crippen LogP contribution in [0.15, 0.2) is 24.3 Å². The topological polar surface area (TPSA) is 105 Å². The van der Waals surface area contributed by atoms with Crippen LogP contribution in [0.4, 0.5) is 16.2 Å². The van der Waals surface area contributed by atoms with Gasteiger partial charge in [0.2, 0.25) is 5.91 Å². The molecule has 3 rings (SSSR count). The van der Waals surface area contributed by atoms with E-state index in [9.17, 15) is 9.59 Å². The molecular weight excluding hydrogens is 332 g/mol. The van der Waals surface area contributed by atoms with Crippen molar-refractivity contribution < 1.29 is 14.3 Å². The highest BCUT2D eigenvalue weighted by Crippen LogP contribution is 2.27. The Kier molecular flexibility index (Phi) is 6.46. The van der Waals surface area contributed by atoms with Crippen LogP contribution in [0.3, 0.4) is 0 Å². The summed E-state index contributed by atoms with van der Waals surface area (Å²) in [6, 6.07) is 6.98. The van der Waals surface area contributed by atoms with Crippen molar-refractivity contribution >= 4 is 23.3 Å². The van der Waals surface area contributed by atoms with Gasteiger partial charge in [-0.3, -0.25) is 4.79 Å². The number of urea groups is 1. The number of anilines is 2. The first kappa shape index (κ1) is 18.7. The Hall–Kier alpha value is -2.12. The van der Waals surface area contributed by atoms with E-state index in [2.05, 4.69) is 16.0 Å². The van der Waals surface area contributed by atoms with E-state index in [-0.39, 0.29) is 30.0 Å². The third kappa shape index (κ3) is 5.44. The van der Waals surface area contributed by atoms with Gasteiger partial charge < -0.3 is 26.4 Å². The van der Waals surface area contributed by atoms with Crippen LogP contribution in [-0.2, 0) is 9.53 Å². The molecule has 1 aromatic carbocycles. The first-order valence-corrected chi connectivity index (χ1v) is 9.42. The lowest BCUT2D eigenvalue weighted by molar-refractivity contribution is -0.117. The first-order valence-electron chi connectivity index (χ1n) is 9.42. The molecule has 1 aliphatic heterocycles. The van der Waals surface area contributed by atoms with Crippen molar-refractivity contribution in [1.82, 2.24) is 5.32 Å². The molecule has 5 N–H and O–H groups in total. The lowest BCUT2D eigenvalue weighted by Crippen LogP contribution is -2.35. The zero-order valence-electron chi connectivity index (χ0n) is 15.0. The lowest BCUT2D eigenvalue weighted by Gasteiger charge is -2.15. The summed E-state index contributed by atoms with van der Waals surface area (Å²) in [4.78, 5) is 24.0. The van der Waals surface area contributed by atoms with Crippen LogP contribution in [0.5, 0.6) is 0 Å². The third-order valence-electron chi connectivity index (χ3n) is 5.11. The summed E-state index contributed by atoms with van der Waals surface area (Å²) >= 11 is 0. The Morgan fingerprint density at radius 2 is 1.77 bits per heavy atom. The van der Waals surface area contributed by atoms with E-state index in [1.165, 1.54) is 0 Å². The van der Waals surface area contributed by atoms with Crippen molar-refractivity contribution in [1.29, 1.82) is 0 Å². The Morgan fingerprint density at radius 1 is 1.04 bits per heavy atom. The number of benzene rings is 1. The minimum absolute atomic E-state index is 0.0117. The summed E-state index contributed by atoms with van der Waals surface area (Å²) in [6.07, 6.45) is 5.76. The molecule has 1 unspecified atom stereocenters. The van der Waals surface area contributed by atoms with Crippen LogP contribution in [0.2, 0.25) is 0 Å². The van der Waals surface area contributed by atoms with Gasteiger partial charge in [-0.15, -0.1) is 0 Å². The van der Waals surface area contributed by atoms with E-state index in [4.69, 9.17) is 10.5 Å². The number of rotatable bonds is 6. The second-order valence-corrected chi connectivity index (χ2v) is 7.15. The lowest BCUT2D eigenvalue weighted by atomic mass is 10.00. The summed E-state index contributed by atoms with van der Waals surface area (Å²) in [5.41, 5.74) is 7.40. The molecule has 0 bridgehead atoms. The number of hydrogen-bond acceptors (Lipinski definition) is 4. The highest BCUT2D eigenvalue weighted by atomic mass is 16.5. The average molecular weight is 360 g/mol. The molecule has 2 aliphatic rings. The monoisotopic (exact) mass is 360 g/mol. The fourth-order valence-electron chi connectivity index (χ4n) is 3.59. The Balaban J connectivity index is 1.41. The molecule has 1 aromatic rings. The summed E-state index contributed by atoms with van der Waals surface area (Å²) in [5.74, 6) is 0.269. The van der Waals surface area contributed by atoms with Gasteiger partial charge in [-0.1, -0.05) is 6.42 Å². The normalized spacial score (nSPS) is 25.0. The molecular formula is C19H28N4O3. The van der Waals surface area contributed by atoms with Crippen molar-refractivity contribution in [2.75, 3.05) is 23.8 Å². The molecule has 1 aliphatic carbocycles. The second kappa shape index (κ2) is 9.00. The zero-order chi connectivity index (χ0) is 18.4. The van der Waals surface area contributed by atoms with Crippen LogP contribution >= 0.6 is 0 Å². The smallest absolute Gasteiger partial charge is 0.319 e. The van der Waals surface area contributed by atoms with E-state index in [1.54, 1.807) is 24.3 Å². The molecule has 1 saturated carbocycles. The number of nitrogens with two attached hydrogens (primary N) is 1. The fourth-order valence-corrected chi connectivity index (χ4v) is 3.59. The molecule has 1 heterocycles. The molecule has 7 nitrogen and oxygen atoms in total. The maximum Gasteiger partial charge on any atom is 0.319 e. The fraction of sp³-hybridized carbons (Fsp3) is 0.579. The van der Waals surface area contributed by atoms with Crippen molar-refractivity contribution in [2.45, 2.75) is 50.7 Å². The van der Waals surface area contributed by atoms with E-state index >= 15 is 0 Å². The molecule has 7 heteroatoms. The SMILES string of the molecule is N[C@@H]1CCC[C@H]1CC(=O)Nc1ccc(NC(=O)NCC2CCCO2)cc1. The molecule has 1 saturated heterocycles. The van der Waals surface area contributed by atoms with Crippen LogP contribution in [0.1, 0.15) is 38.5 Å². The average Bonchev–Trinajstić information content (AvgIpc) is 3.27. The summed E-state index contributed by atoms with van der Waals surface area (Å²) in [6.45, 7) is 1.29. The number of hydrogen-bond donors (Lipinski definition) is 4. The van der Waals surface area contributed by atoms with E-state index in [1.807, 2.05) is 0 Å². The van der Waals surface area contributed by atoms with Gasteiger partial charge in [0.15, 0.2) is 0 Å². The van der Waals surface area contributed by atoms with Crippen molar-refractivity contribution in [3.05, 3.63) is 24.3 Å². The first-order chi connectivity index (χ1) is 12.6. The molecule has 0 radical (unpaired) electrons. The van der Waals surface area contributed by atoms with Crippen molar-refractivity contribution in [3.63, 3.8) is 0 Å². The molecule has 142 valence electrons. The zero-order valence-corrected chi connectivity index (χ0v) is 15.0. The van der Waals surface area contributed by atoms with Gasteiger partial charge >= 0.3 is 6.03 Å². The maximum atomic E-state index is 12.1. The predicted molar refractivity (Wildman–Crippen MR) is 101 cm³/mol. The minimum Gasteiger partial charge on any atom is -0.376 e. The van der Waals surface area contributed by atoms with Gasteiger partial charge in [0, 0.05) is 37.0 Å². The van der Waals surface area contributed by atoms with Crippen molar-refractivity contribution in [3.8, 4) is 0 Å². The van der Waals surface area contributed by atoms with Gasteiger partial charge in [-0.2, -0.15) is 0 Å². The standard InChI is InChI=1S/C19H28N4O3/c20-17-5-1-3-13(17)11-18(24)22-14-6-8-15(9-7-14)23-19(25)21-12-16-4-2-10-26-16/h6-9,13,16-17H,1-5,10-12,20H2,(H,22,24)(H2,21,23,25)/t13-,16?,17+/m0/s1. The van der Waals surface area contributed by atoms with Crippen molar-refractivity contribution in [2.24, 2.45) is 11.7 Å².